The van der Waals surface area contributed by atoms with Gasteiger partial charge in [0.1, 0.15) is 5.41 Å². The molecule has 0 aliphatic carbocycles. The summed E-state index contributed by atoms with van der Waals surface area (Å²) >= 11 is 0. The molecule has 0 bridgehead atoms. The van der Waals surface area contributed by atoms with E-state index < -0.39 is 17.3 Å². The Morgan fingerprint density at radius 1 is 1.20 bits per heavy atom. The van der Waals surface area contributed by atoms with Crippen molar-refractivity contribution in [2.24, 2.45) is 5.41 Å². The number of ether oxygens (including phenoxy) is 1. The van der Waals surface area contributed by atoms with Gasteiger partial charge in [0.05, 0.1) is 18.3 Å². The Balaban J connectivity index is 2.33. The van der Waals surface area contributed by atoms with Gasteiger partial charge in [-0.25, -0.2) is 0 Å². The molecule has 1 aromatic heterocycles. The zero-order chi connectivity index (χ0) is 14.8. The number of carbonyl (C=O) groups is 2. The first-order valence-corrected chi connectivity index (χ1v) is 6.20. The summed E-state index contributed by atoms with van der Waals surface area (Å²) < 4.78 is 4.65. The molecular formula is C15H16N2O3. The number of methoxy groups -OCH3 is 1. The van der Waals surface area contributed by atoms with Crippen molar-refractivity contribution >= 4 is 28.5 Å². The van der Waals surface area contributed by atoms with Crippen molar-refractivity contribution < 1.29 is 14.3 Å². The summed E-state index contributed by atoms with van der Waals surface area (Å²) in [7, 11) is 1.26. The summed E-state index contributed by atoms with van der Waals surface area (Å²) in [5, 5.41) is 3.66. The molecule has 0 saturated heterocycles. The number of benzene rings is 1. The second kappa shape index (κ2) is 5.28. The summed E-state index contributed by atoms with van der Waals surface area (Å²) in [5.41, 5.74) is 0.000181. The van der Waals surface area contributed by atoms with Crippen molar-refractivity contribution in [3.8, 4) is 0 Å². The molecule has 1 amide bonds. The Labute approximate surface area is 117 Å². The van der Waals surface area contributed by atoms with Crippen molar-refractivity contribution in [2.75, 3.05) is 12.4 Å². The second-order valence-corrected chi connectivity index (χ2v) is 4.95. The van der Waals surface area contributed by atoms with E-state index in [4.69, 9.17) is 0 Å². The van der Waals surface area contributed by atoms with Gasteiger partial charge in [0.15, 0.2) is 0 Å². The van der Waals surface area contributed by atoms with Gasteiger partial charge in [0.25, 0.3) is 0 Å². The molecule has 0 spiro atoms. The Morgan fingerprint density at radius 2 is 1.90 bits per heavy atom. The summed E-state index contributed by atoms with van der Waals surface area (Å²) in [6, 6.07) is 9.21. The monoisotopic (exact) mass is 272 g/mol. The maximum Gasteiger partial charge on any atom is 0.320 e. The quantitative estimate of drug-likeness (QED) is 0.688. The van der Waals surface area contributed by atoms with E-state index >= 15 is 0 Å². The predicted octanol–water partition coefficient (Wildman–Crippen LogP) is 2.37. The predicted molar refractivity (Wildman–Crippen MR) is 76.2 cm³/mol. The van der Waals surface area contributed by atoms with Gasteiger partial charge in [0, 0.05) is 11.6 Å². The van der Waals surface area contributed by atoms with Gasteiger partial charge < -0.3 is 10.1 Å². The standard InChI is InChI=1S/C15H16N2O3/c1-15(2,14(19)20-3)13(18)17-11-8-4-6-10-7-5-9-16-12(10)11/h4-9H,1-3H3,(H,17,18). The van der Waals surface area contributed by atoms with Crippen LogP contribution in [0.4, 0.5) is 5.69 Å². The number of fused-ring (bicyclic) bond motifs is 1. The molecular weight excluding hydrogens is 256 g/mol. The van der Waals surface area contributed by atoms with Crippen LogP contribution in [0.15, 0.2) is 36.5 Å². The highest BCUT2D eigenvalue weighted by Gasteiger charge is 2.37. The van der Waals surface area contributed by atoms with Crippen LogP contribution in [0.3, 0.4) is 0 Å². The molecule has 0 radical (unpaired) electrons. The molecule has 1 N–H and O–H groups in total. The van der Waals surface area contributed by atoms with Crippen LogP contribution in [0.2, 0.25) is 0 Å². The number of pyridine rings is 1. The molecule has 0 atom stereocenters. The molecule has 104 valence electrons. The van der Waals surface area contributed by atoms with Gasteiger partial charge in [-0.1, -0.05) is 18.2 Å². The zero-order valence-electron chi connectivity index (χ0n) is 11.6. The van der Waals surface area contributed by atoms with E-state index in [1.807, 2.05) is 24.3 Å². The molecule has 1 aromatic carbocycles. The topological polar surface area (TPSA) is 68.3 Å². The van der Waals surface area contributed by atoms with Crippen LogP contribution in [0.5, 0.6) is 0 Å². The molecule has 5 heteroatoms. The Hall–Kier alpha value is -2.43. The largest absolute Gasteiger partial charge is 0.468 e. The fraction of sp³-hybridized carbons (Fsp3) is 0.267. The van der Waals surface area contributed by atoms with E-state index in [0.717, 1.165) is 5.39 Å². The number of hydrogen-bond donors (Lipinski definition) is 1. The number of carbonyl (C=O) groups excluding carboxylic acids is 2. The average Bonchev–Trinajstić information content (AvgIpc) is 2.46. The Morgan fingerprint density at radius 3 is 2.60 bits per heavy atom. The minimum absolute atomic E-state index is 0.428. The van der Waals surface area contributed by atoms with Crippen LogP contribution in [0.1, 0.15) is 13.8 Å². The number of hydrogen-bond acceptors (Lipinski definition) is 4. The lowest BCUT2D eigenvalue weighted by Crippen LogP contribution is -2.38. The van der Waals surface area contributed by atoms with Crippen LogP contribution >= 0.6 is 0 Å². The van der Waals surface area contributed by atoms with Crippen LogP contribution in [-0.2, 0) is 14.3 Å². The van der Waals surface area contributed by atoms with Crippen LogP contribution in [-0.4, -0.2) is 24.0 Å². The van der Waals surface area contributed by atoms with E-state index in [1.165, 1.54) is 21.0 Å². The summed E-state index contributed by atoms with van der Waals surface area (Å²) in [6.45, 7) is 3.04. The summed E-state index contributed by atoms with van der Waals surface area (Å²) in [4.78, 5) is 28.1. The lowest BCUT2D eigenvalue weighted by Gasteiger charge is -2.20. The van der Waals surface area contributed by atoms with Crippen molar-refractivity contribution in [3.05, 3.63) is 36.5 Å². The van der Waals surface area contributed by atoms with Gasteiger partial charge in [-0.3, -0.25) is 14.6 Å². The third-order valence-electron chi connectivity index (χ3n) is 3.14. The molecule has 2 rings (SSSR count). The number of rotatable bonds is 3. The van der Waals surface area contributed by atoms with Crippen molar-refractivity contribution in [1.82, 2.24) is 4.98 Å². The van der Waals surface area contributed by atoms with E-state index in [1.54, 1.807) is 12.3 Å². The molecule has 0 unspecified atom stereocenters. The van der Waals surface area contributed by atoms with Gasteiger partial charge in [-0.2, -0.15) is 0 Å². The van der Waals surface area contributed by atoms with Gasteiger partial charge in [-0.15, -0.1) is 0 Å². The summed E-state index contributed by atoms with van der Waals surface area (Å²) in [5.74, 6) is -1.01. The molecule has 0 saturated carbocycles. The number of anilines is 1. The number of para-hydroxylation sites is 1. The van der Waals surface area contributed by atoms with Crippen molar-refractivity contribution in [3.63, 3.8) is 0 Å². The Bertz CT molecular complexity index is 660. The lowest BCUT2D eigenvalue weighted by molar-refractivity contribution is -0.154. The smallest absolute Gasteiger partial charge is 0.320 e. The number of nitrogens with zero attached hydrogens (tertiary/aromatic N) is 1. The van der Waals surface area contributed by atoms with E-state index in [2.05, 4.69) is 15.0 Å². The highest BCUT2D eigenvalue weighted by molar-refractivity contribution is 6.10. The lowest BCUT2D eigenvalue weighted by atomic mass is 9.92. The zero-order valence-corrected chi connectivity index (χ0v) is 11.6. The third kappa shape index (κ3) is 2.47. The van der Waals surface area contributed by atoms with Gasteiger partial charge in [-0.05, 0) is 26.0 Å². The van der Waals surface area contributed by atoms with Crippen molar-refractivity contribution in [1.29, 1.82) is 0 Å². The van der Waals surface area contributed by atoms with Crippen LogP contribution in [0.25, 0.3) is 10.9 Å². The minimum Gasteiger partial charge on any atom is -0.468 e. The molecule has 20 heavy (non-hydrogen) atoms. The fourth-order valence-electron chi connectivity index (χ4n) is 1.83. The molecule has 5 nitrogen and oxygen atoms in total. The van der Waals surface area contributed by atoms with Gasteiger partial charge in [0.2, 0.25) is 5.91 Å². The second-order valence-electron chi connectivity index (χ2n) is 4.95. The molecule has 2 aromatic rings. The van der Waals surface area contributed by atoms with Gasteiger partial charge >= 0.3 is 5.97 Å². The highest BCUT2D eigenvalue weighted by atomic mass is 16.5. The number of aromatic nitrogens is 1. The normalized spacial score (nSPS) is 11.2. The average molecular weight is 272 g/mol. The molecule has 0 fully saturated rings. The SMILES string of the molecule is COC(=O)C(C)(C)C(=O)Nc1cccc2cccnc12. The van der Waals surface area contributed by atoms with Crippen molar-refractivity contribution in [2.45, 2.75) is 13.8 Å². The summed E-state index contributed by atoms with van der Waals surface area (Å²) in [6.07, 6.45) is 1.66. The number of nitrogens with one attached hydrogen (secondary N) is 1. The molecule has 0 aliphatic heterocycles. The minimum atomic E-state index is -1.26. The first-order chi connectivity index (χ1) is 9.46. The van der Waals surface area contributed by atoms with E-state index in [-0.39, 0.29) is 0 Å². The maximum absolute atomic E-state index is 12.2. The number of esters is 1. The Kier molecular flexibility index (Phi) is 3.70. The first-order valence-electron chi connectivity index (χ1n) is 6.20. The third-order valence-corrected chi connectivity index (χ3v) is 3.14. The maximum atomic E-state index is 12.2. The van der Waals surface area contributed by atoms with Crippen LogP contribution < -0.4 is 5.32 Å². The van der Waals surface area contributed by atoms with E-state index in [0.29, 0.717) is 11.2 Å². The highest BCUT2D eigenvalue weighted by Crippen LogP contribution is 2.24. The fourth-order valence-corrected chi connectivity index (χ4v) is 1.83. The first kappa shape index (κ1) is 14.0. The van der Waals surface area contributed by atoms with E-state index in [9.17, 15) is 9.59 Å². The van der Waals surface area contributed by atoms with Crippen LogP contribution in [0, 0.1) is 5.41 Å². The number of amides is 1. The molecule has 0 aliphatic rings. The molecule has 1 heterocycles.